The topological polar surface area (TPSA) is 40.5 Å². The summed E-state index contributed by atoms with van der Waals surface area (Å²) in [6.07, 6.45) is -0.0619. The second-order valence-corrected chi connectivity index (χ2v) is 5.08. The summed E-state index contributed by atoms with van der Waals surface area (Å²) < 4.78 is 0. The first-order valence-corrected chi connectivity index (χ1v) is 6.50. The van der Waals surface area contributed by atoms with Gasteiger partial charge in [-0.05, 0) is 48.9 Å². The number of carboxylic acid groups (broad SMARTS) is 1. The van der Waals surface area contributed by atoms with E-state index >= 15 is 0 Å². The Morgan fingerprint density at radius 2 is 1.89 bits per heavy atom. The van der Waals surface area contributed by atoms with Crippen molar-refractivity contribution < 1.29 is 9.90 Å². The Hall–Kier alpha value is -1.51. The number of hydrogen-bond acceptors (Lipinski definition) is 1. The van der Waals surface area contributed by atoms with Crippen molar-refractivity contribution in [3.8, 4) is 0 Å². The maximum Gasteiger partial charge on any atom is 0.411 e. The number of rotatable bonds is 4. The van der Waals surface area contributed by atoms with E-state index in [1.165, 1.54) is 10.5 Å². The summed E-state index contributed by atoms with van der Waals surface area (Å²) in [7, 11) is 0. The Morgan fingerprint density at radius 1 is 1.28 bits per heavy atom. The zero-order chi connectivity index (χ0) is 13.9. The van der Waals surface area contributed by atoms with Gasteiger partial charge in [0.15, 0.2) is 0 Å². The normalized spacial score (nSPS) is 10.8. The molecule has 0 unspecified atom stereocenters. The van der Waals surface area contributed by atoms with Gasteiger partial charge in [0, 0.05) is 6.54 Å². The first kappa shape index (κ1) is 14.6. The molecule has 0 heterocycles. The van der Waals surface area contributed by atoms with Crippen LogP contribution < -0.4 is 4.90 Å². The molecule has 0 aliphatic carbocycles. The zero-order valence-electron chi connectivity index (χ0n) is 11.9. The van der Waals surface area contributed by atoms with Crippen LogP contribution in [0.4, 0.5) is 10.5 Å². The fraction of sp³-hybridized carbons (Fsp3) is 0.533. The number of hydrogen-bond donors (Lipinski definition) is 1. The molecule has 3 nitrogen and oxygen atoms in total. The van der Waals surface area contributed by atoms with Crippen LogP contribution in [0.2, 0.25) is 0 Å². The third-order valence-corrected chi connectivity index (χ3v) is 3.18. The second-order valence-electron chi connectivity index (χ2n) is 5.08. The maximum absolute atomic E-state index is 11.3. The van der Waals surface area contributed by atoms with Crippen LogP contribution in [0, 0.1) is 13.8 Å². The smallest absolute Gasteiger partial charge is 0.411 e. The number of carbonyl (C=O) groups is 1. The molecule has 1 aromatic rings. The fourth-order valence-corrected chi connectivity index (χ4v) is 2.28. The number of aryl methyl sites for hydroxylation is 2. The molecule has 0 aliphatic rings. The molecule has 0 spiro atoms. The molecule has 18 heavy (non-hydrogen) atoms. The Morgan fingerprint density at radius 3 is 2.33 bits per heavy atom. The van der Waals surface area contributed by atoms with Gasteiger partial charge in [-0.2, -0.15) is 0 Å². The van der Waals surface area contributed by atoms with Crippen molar-refractivity contribution in [2.75, 3.05) is 11.4 Å². The van der Waals surface area contributed by atoms with Gasteiger partial charge in [-0.1, -0.05) is 26.8 Å². The molecule has 0 radical (unpaired) electrons. The third-order valence-electron chi connectivity index (χ3n) is 3.18. The summed E-state index contributed by atoms with van der Waals surface area (Å²) in [5, 5.41) is 9.28. The van der Waals surface area contributed by atoms with Crippen LogP contribution in [0.1, 0.15) is 49.8 Å². The van der Waals surface area contributed by atoms with Crippen molar-refractivity contribution in [3.05, 3.63) is 28.8 Å². The van der Waals surface area contributed by atoms with Crippen LogP contribution in [0.5, 0.6) is 0 Å². The van der Waals surface area contributed by atoms with Crippen LogP contribution in [-0.2, 0) is 0 Å². The summed E-state index contributed by atoms with van der Waals surface area (Å²) >= 11 is 0. The summed E-state index contributed by atoms with van der Waals surface area (Å²) in [5.74, 6) is 0.460. The first-order chi connectivity index (χ1) is 8.38. The van der Waals surface area contributed by atoms with Gasteiger partial charge in [0.05, 0.1) is 5.69 Å². The summed E-state index contributed by atoms with van der Waals surface area (Å²) in [6.45, 7) is 10.9. The summed E-state index contributed by atoms with van der Waals surface area (Å²) in [5.41, 5.74) is 4.29. The molecule has 0 atom stereocenters. The van der Waals surface area contributed by atoms with E-state index in [1.807, 2.05) is 26.8 Å². The number of benzene rings is 1. The fourth-order valence-electron chi connectivity index (χ4n) is 2.28. The third kappa shape index (κ3) is 3.03. The van der Waals surface area contributed by atoms with E-state index in [0.29, 0.717) is 12.5 Å². The van der Waals surface area contributed by atoms with Crippen molar-refractivity contribution in [3.63, 3.8) is 0 Å². The number of nitrogens with zero attached hydrogens (tertiary/aromatic N) is 1. The minimum absolute atomic E-state index is 0.460. The van der Waals surface area contributed by atoms with Crippen LogP contribution in [0.25, 0.3) is 0 Å². The van der Waals surface area contributed by atoms with E-state index in [-0.39, 0.29) is 0 Å². The molecule has 100 valence electrons. The van der Waals surface area contributed by atoms with Gasteiger partial charge in [0.1, 0.15) is 0 Å². The lowest BCUT2D eigenvalue weighted by Gasteiger charge is -2.23. The molecule has 0 saturated carbocycles. The molecule has 0 aliphatic heterocycles. The SMILES string of the molecule is CCCN(C(=O)O)c1cc(C)c(C(C)C)cc1C. The Labute approximate surface area is 109 Å². The zero-order valence-corrected chi connectivity index (χ0v) is 11.9. The van der Waals surface area contributed by atoms with E-state index in [9.17, 15) is 9.90 Å². The molecule has 0 saturated heterocycles. The van der Waals surface area contributed by atoms with E-state index < -0.39 is 6.09 Å². The standard InChI is InChI=1S/C15H23NO2/c1-6-7-16(15(17)18)14-9-11(4)13(10(2)3)8-12(14)5/h8-10H,6-7H2,1-5H3,(H,17,18). The average molecular weight is 249 g/mol. The molecule has 0 bridgehead atoms. The van der Waals surface area contributed by atoms with Gasteiger partial charge in [-0.3, -0.25) is 4.90 Å². The molecule has 0 aromatic heterocycles. The Bertz CT molecular complexity index is 438. The quantitative estimate of drug-likeness (QED) is 0.863. The lowest BCUT2D eigenvalue weighted by molar-refractivity contribution is 0.201. The predicted octanol–water partition coefficient (Wildman–Crippen LogP) is 4.32. The molecule has 1 rings (SSSR count). The molecule has 3 heteroatoms. The largest absolute Gasteiger partial charge is 0.465 e. The van der Waals surface area contributed by atoms with Gasteiger partial charge in [-0.25, -0.2) is 4.79 Å². The van der Waals surface area contributed by atoms with Crippen molar-refractivity contribution in [1.82, 2.24) is 0 Å². The van der Waals surface area contributed by atoms with E-state index in [0.717, 1.165) is 23.2 Å². The molecular weight excluding hydrogens is 226 g/mol. The predicted molar refractivity (Wildman–Crippen MR) is 75.7 cm³/mol. The maximum atomic E-state index is 11.3. The average Bonchev–Trinajstić information content (AvgIpc) is 2.28. The first-order valence-electron chi connectivity index (χ1n) is 6.50. The van der Waals surface area contributed by atoms with Gasteiger partial charge in [0.25, 0.3) is 0 Å². The summed E-state index contributed by atoms with van der Waals surface area (Å²) in [6, 6.07) is 4.11. The van der Waals surface area contributed by atoms with Gasteiger partial charge in [0.2, 0.25) is 0 Å². The van der Waals surface area contributed by atoms with Gasteiger partial charge >= 0.3 is 6.09 Å². The summed E-state index contributed by atoms with van der Waals surface area (Å²) in [4.78, 5) is 12.7. The molecule has 0 fully saturated rings. The highest BCUT2D eigenvalue weighted by molar-refractivity contribution is 5.87. The lowest BCUT2D eigenvalue weighted by Crippen LogP contribution is -2.30. The van der Waals surface area contributed by atoms with Crippen LogP contribution in [0.15, 0.2) is 12.1 Å². The van der Waals surface area contributed by atoms with Gasteiger partial charge in [-0.15, -0.1) is 0 Å². The van der Waals surface area contributed by atoms with Crippen molar-refractivity contribution in [2.24, 2.45) is 0 Å². The second kappa shape index (κ2) is 5.89. The highest BCUT2D eigenvalue weighted by Gasteiger charge is 2.17. The van der Waals surface area contributed by atoms with E-state index in [1.54, 1.807) is 0 Å². The minimum Gasteiger partial charge on any atom is -0.465 e. The molecule has 1 amide bonds. The van der Waals surface area contributed by atoms with Crippen LogP contribution in [0.3, 0.4) is 0 Å². The van der Waals surface area contributed by atoms with Crippen LogP contribution >= 0.6 is 0 Å². The van der Waals surface area contributed by atoms with Gasteiger partial charge < -0.3 is 5.11 Å². The van der Waals surface area contributed by atoms with E-state index in [4.69, 9.17) is 0 Å². The van der Waals surface area contributed by atoms with Crippen molar-refractivity contribution in [2.45, 2.75) is 47.0 Å². The Balaban J connectivity index is 3.24. The molecule has 1 N–H and O–H groups in total. The lowest BCUT2D eigenvalue weighted by atomic mass is 9.95. The monoisotopic (exact) mass is 249 g/mol. The van der Waals surface area contributed by atoms with E-state index in [2.05, 4.69) is 19.9 Å². The number of anilines is 1. The van der Waals surface area contributed by atoms with Crippen molar-refractivity contribution in [1.29, 1.82) is 0 Å². The highest BCUT2D eigenvalue weighted by atomic mass is 16.4. The number of amides is 1. The highest BCUT2D eigenvalue weighted by Crippen LogP contribution is 2.28. The van der Waals surface area contributed by atoms with Crippen molar-refractivity contribution >= 4 is 11.8 Å². The molecular formula is C15H23NO2. The molecule has 1 aromatic carbocycles. The van der Waals surface area contributed by atoms with Crippen LogP contribution in [-0.4, -0.2) is 17.7 Å². The Kier molecular flexibility index (Phi) is 4.76. The minimum atomic E-state index is -0.878.